The Morgan fingerprint density at radius 2 is 2.07 bits per heavy atom. The van der Waals surface area contributed by atoms with Crippen LogP contribution < -0.4 is 14.4 Å². The van der Waals surface area contributed by atoms with Gasteiger partial charge >= 0.3 is 0 Å². The second kappa shape index (κ2) is 9.40. The summed E-state index contributed by atoms with van der Waals surface area (Å²) in [6, 6.07) is 10.1. The Bertz CT molecular complexity index is 1050. The lowest BCUT2D eigenvalue weighted by Gasteiger charge is -2.13. The van der Waals surface area contributed by atoms with Crippen molar-refractivity contribution in [2.45, 2.75) is 6.92 Å². The molecule has 0 N–H and O–H groups in total. The predicted molar refractivity (Wildman–Crippen MR) is 120 cm³/mol. The molecule has 0 saturated carbocycles. The van der Waals surface area contributed by atoms with Crippen LogP contribution in [0.3, 0.4) is 0 Å². The number of thioether (sulfide) groups is 1. The predicted octanol–water partition coefficient (Wildman–Crippen LogP) is 5.75. The van der Waals surface area contributed by atoms with Crippen molar-refractivity contribution in [3.63, 3.8) is 0 Å². The maximum atomic E-state index is 12.8. The summed E-state index contributed by atoms with van der Waals surface area (Å²) in [5, 5.41) is 0.0555. The highest BCUT2D eigenvalue weighted by Crippen LogP contribution is 2.40. The molecular formula is C21H15BrClNO4S. The van der Waals surface area contributed by atoms with Gasteiger partial charge in [-0.05, 0) is 76.6 Å². The molecule has 0 bridgehead atoms. The first kappa shape index (κ1) is 21.3. The zero-order valence-electron chi connectivity index (χ0n) is 15.3. The number of rotatable bonds is 6. The maximum Gasteiger partial charge on any atom is 0.298 e. The van der Waals surface area contributed by atoms with Crippen LogP contribution in [0, 0.1) is 12.3 Å². The van der Waals surface area contributed by atoms with Crippen LogP contribution in [-0.2, 0) is 4.79 Å². The molecule has 0 atom stereocenters. The Balaban J connectivity index is 1.95. The van der Waals surface area contributed by atoms with Crippen LogP contribution in [0.4, 0.5) is 10.5 Å². The number of carbonyl (C=O) groups is 2. The number of hydrogen-bond acceptors (Lipinski definition) is 5. The highest BCUT2D eigenvalue weighted by Gasteiger charge is 2.36. The van der Waals surface area contributed by atoms with Gasteiger partial charge in [0.1, 0.15) is 6.61 Å². The third-order valence-corrected chi connectivity index (χ3v) is 5.48. The van der Waals surface area contributed by atoms with E-state index in [2.05, 4.69) is 21.9 Å². The number of benzene rings is 2. The second-order valence-corrected chi connectivity index (χ2v) is 8.04. The fourth-order valence-electron chi connectivity index (χ4n) is 2.65. The quantitative estimate of drug-likeness (QED) is 0.379. The molecule has 148 valence electrons. The highest BCUT2D eigenvalue weighted by atomic mass is 79.9. The average Bonchev–Trinajstić information content (AvgIpc) is 2.94. The monoisotopic (exact) mass is 491 g/mol. The second-order valence-electron chi connectivity index (χ2n) is 5.75. The van der Waals surface area contributed by atoms with Gasteiger partial charge in [-0.2, -0.15) is 0 Å². The molecule has 3 rings (SSSR count). The van der Waals surface area contributed by atoms with Crippen LogP contribution in [-0.4, -0.2) is 24.4 Å². The standard InChI is InChI=1S/C21H15BrClNO4S/c1-3-8-28-19-16(22)9-13(10-17(19)27-4-2)11-18-20(25)24(21(26)29-18)15-7-5-6-14(23)12-15/h1,5-7,9-12H,4,8H2,2H3/b18-11-. The van der Waals surface area contributed by atoms with Crippen molar-refractivity contribution in [2.24, 2.45) is 0 Å². The van der Waals surface area contributed by atoms with Crippen molar-refractivity contribution in [2.75, 3.05) is 18.1 Å². The third kappa shape index (κ3) is 4.78. The summed E-state index contributed by atoms with van der Waals surface area (Å²) in [6.45, 7) is 2.37. The van der Waals surface area contributed by atoms with Crippen molar-refractivity contribution >= 4 is 62.2 Å². The van der Waals surface area contributed by atoms with Crippen LogP contribution in [0.5, 0.6) is 11.5 Å². The minimum Gasteiger partial charge on any atom is -0.490 e. The summed E-state index contributed by atoms with van der Waals surface area (Å²) in [7, 11) is 0. The van der Waals surface area contributed by atoms with Gasteiger partial charge in [0, 0.05) is 5.02 Å². The van der Waals surface area contributed by atoms with E-state index >= 15 is 0 Å². The van der Waals surface area contributed by atoms with Crippen LogP contribution >= 0.6 is 39.3 Å². The summed E-state index contributed by atoms with van der Waals surface area (Å²) in [6.07, 6.45) is 6.89. The van der Waals surface area contributed by atoms with Crippen LogP contribution in [0.1, 0.15) is 12.5 Å². The molecule has 1 aliphatic rings. The van der Waals surface area contributed by atoms with E-state index in [9.17, 15) is 9.59 Å². The van der Waals surface area contributed by atoms with E-state index < -0.39 is 5.91 Å². The normalized spacial score (nSPS) is 15.0. The number of halogens is 2. The molecule has 0 radical (unpaired) electrons. The first-order chi connectivity index (χ1) is 13.9. The molecule has 29 heavy (non-hydrogen) atoms. The number of ether oxygens (including phenoxy) is 2. The topological polar surface area (TPSA) is 55.8 Å². The van der Waals surface area contributed by atoms with Gasteiger partial charge in [0.05, 0.1) is 21.7 Å². The highest BCUT2D eigenvalue weighted by molar-refractivity contribution is 9.10. The van der Waals surface area contributed by atoms with E-state index in [1.165, 1.54) is 0 Å². The third-order valence-electron chi connectivity index (χ3n) is 3.79. The van der Waals surface area contributed by atoms with Crippen molar-refractivity contribution in [1.82, 2.24) is 0 Å². The fraction of sp³-hybridized carbons (Fsp3) is 0.143. The summed E-state index contributed by atoms with van der Waals surface area (Å²) in [5.41, 5.74) is 1.10. The molecule has 1 fully saturated rings. The van der Waals surface area contributed by atoms with Crippen LogP contribution in [0.15, 0.2) is 45.8 Å². The molecule has 1 saturated heterocycles. The molecule has 1 aliphatic heterocycles. The minimum atomic E-state index is -0.413. The Labute approximate surface area is 186 Å². The average molecular weight is 493 g/mol. The first-order valence-electron chi connectivity index (χ1n) is 8.50. The van der Waals surface area contributed by atoms with E-state index in [-0.39, 0.29) is 11.8 Å². The molecule has 2 aromatic rings. The number of hydrogen-bond donors (Lipinski definition) is 0. The number of carbonyl (C=O) groups excluding carboxylic acids is 2. The number of imide groups is 1. The largest absolute Gasteiger partial charge is 0.490 e. The molecule has 8 heteroatoms. The summed E-state index contributed by atoms with van der Waals surface area (Å²) in [4.78, 5) is 26.6. The molecule has 0 aromatic heterocycles. The zero-order chi connectivity index (χ0) is 21.0. The van der Waals surface area contributed by atoms with Gasteiger partial charge in [0.15, 0.2) is 11.5 Å². The maximum absolute atomic E-state index is 12.8. The molecule has 1 heterocycles. The van der Waals surface area contributed by atoms with Crippen LogP contribution in [0.2, 0.25) is 5.02 Å². The molecular weight excluding hydrogens is 478 g/mol. The van der Waals surface area contributed by atoms with Crippen LogP contribution in [0.25, 0.3) is 6.08 Å². The van der Waals surface area contributed by atoms with Crippen molar-refractivity contribution in [3.05, 3.63) is 56.4 Å². The fourth-order valence-corrected chi connectivity index (χ4v) is 4.25. The van der Waals surface area contributed by atoms with E-state index in [1.54, 1.807) is 42.5 Å². The van der Waals surface area contributed by atoms with Gasteiger partial charge in [-0.3, -0.25) is 9.59 Å². The number of terminal acetylenes is 1. The van der Waals surface area contributed by atoms with Gasteiger partial charge in [-0.15, -0.1) is 6.42 Å². The Morgan fingerprint density at radius 3 is 2.76 bits per heavy atom. The summed E-state index contributed by atoms with van der Waals surface area (Å²) >= 11 is 10.3. The molecule has 0 unspecified atom stereocenters. The lowest BCUT2D eigenvalue weighted by Crippen LogP contribution is -2.27. The van der Waals surface area contributed by atoms with Crippen molar-refractivity contribution in [1.29, 1.82) is 0 Å². The lowest BCUT2D eigenvalue weighted by atomic mass is 10.1. The first-order valence-corrected chi connectivity index (χ1v) is 10.5. The van der Waals surface area contributed by atoms with Gasteiger partial charge in [0.25, 0.3) is 11.1 Å². The zero-order valence-corrected chi connectivity index (χ0v) is 18.4. The van der Waals surface area contributed by atoms with Gasteiger partial charge in [-0.1, -0.05) is 23.6 Å². The Kier molecular flexibility index (Phi) is 6.91. The van der Waals surface area contributed by atoms with Crippen molar-refractivity contribution < 1.29 is 19.1 Å². The van der Waals surface area contributed by atoms with Gasteiger partial charge in [0.2, 0.25) is 0 Å². The van der Waals surface area contributed by atoms with Crippen molar-refractivity contribution in [3.8, 4) is 23.8 Å². The molecule has 2 amide bonds. The van der Waals surface area contributed by atoms with E-state index in [1.807, 2.05) is 6.92 Å². The van der Waals surface area contributed by atoms with E-state index in [0.29, 0.717) is 43.8 Å². The number of amides is 2. The molecule has 5 nitrogen and oxygen atoms in total. The number of anilines is 1. The Hall–Kier alpha value is -2.40. The number of nitrogens with zero attached hydrogens (tertiary/aromatic N) is 1. The van der Waals surface area contributed by atoms with Gasteiger partial charge in [-0.25, -0.2) is 4.90 Å². The van der Waals surface area contributed by atoms with E-state index in [4.69, 9.17) is 27.5 Å². The SMILES string of the molecule is C#CCOc1c(Br)cc(/C=C2\SC(=O)N(c3cccc(Cl)c3)C2=O)cc1OCC. The summed E-state index contributed by atoms with van der Waals surface area (Å²) in [5.74, 6) is 2.96. The smallest absolute Gasteiger partial charge is 0.298 e. The molecule has 0 spiro atoms. The lowest BCUT2D eigenvalue weighted by molar-refractivity contribution is -0.113. The molecule has 0 aliphatic carbocycles. The summed E-state index contributed by atoms with van der Waals surface area (Å²) < 4.78 is 11.8. The van der Waals surface area contributed by atoms with E-state index in [0.717, 1.165) is 16.7 Å². The molecule has 2 aromatic carbocycles. The Morgan fingerprint density at radius 1 is 1.28 bits per heavy atom. The van der Waals surface area contributed by atoms with Gasteiger partial charge < -0.3 is 9.47 Å². The minimum absolute atomic E-state index is 0.0938.